The van der Waals surface area contributed by atoms with Gasteiger partial charge in [-0.2, -0.15) is 0 Å². The molecular formula is C15H21N3O2S. The van der Waals surface area contributed by atoms with E-state index >= 15 is 0 Å². The monoisotopic (exact) mass is 307 g/mol. The van der Waals surface area contributed by atoms with Crippen LogP contribution in [0.15, 0.2) is 10.9 Å². The molecule has 0 aromatic carbocycles. The van der Waals surface area contributed by atoms with E-state index in [-0.39, 0.29) is 17.4 Å². The minimum absolute atomic E-state index is 0.113. The predicted molar refractivity (Wildman–Crippen MR) is 81.1 cm³/mol. The number of piperidine rings is 1. The van der Waals surface area contributed by atoms with Gasteiger partial charge < -0.3 is 10.2 Å². The van der Waals surface area contributed by atoms with Crippen molar-refractivity contribution in [1.82, 2.24) is 15.2 Å². The second kappa shape index (κ2) is 5.75. The highest BCUT2D eigenvalue weighted by molar-refractivity contribution is 7.07. The number of rotatable bonds is 3. The highest BCUT2D eigenvalue weighted by Gasteiger charge is 2.36. The van der Waals surface area contributed by atoms with E-state index in [0.29, 0.717) is 11.6 Å². The van der Waals surface area contributed by atoms with Gasteiger partial charge in [0.2, 0.25) is 5.91 Å². The van der Waals surface area contributed by atoms with Gasteiger partial charge in [0.25, 0.3) is 5.91 Å². The Morgan fingerprint density at radius 2 is 2.10 bits per heavy atom. The first-order valence-electron chi connectivity index (χ1n) is 7.57. The Hall–Kier alpha value is -1.43. The number of hydrogen-bond donors (Lipinski definition) is 1. The summed E-state index contributed by atoms with van der Waals surface area (Å²) in [6, 6.07) is 0. The molecule has 0 spiro atoms. The molecule has 21 heavy (non-hydrogen) atoms. The number of likely N-dealkylation sites (tertiary alicyclic amines) is 1. The average Bonchev–Trinajstić information content (AvgIpc) is 2.90. The molecule has 1 saturated heterocycles. The van der Waals surface area contributed by atoms with E-state index < -0.39 is 0 Å². The third kappa shape index (κ3) is 3.10. The fourth-order valence-electron chi connectivity index (χ4n) is 2.92. The summed E-state index contributed by atoms with van der Waals surface area (Å²) in [5, 5.41) is 4.84. The van der Waals surface area contributed by atoms with Crippen molar-refractivity contribution in [1.29, 1.82) is 0 Å². The molecule has 1 aromatic heterocycles. The molecule has 1 aromatic rings. The van der Waals surface area contributed by atoms with Gasteiger partial charge in [-0.15, -0.1) is 11.3 Å². The zero-order valence-corrected chi connectivity index (χ0v) is 13.1. The van der Waals surface area contributed by atoms with E-state index in [9.17, 15) is 9.59 Å². The molecule has 0 unspecified atom stereocenters. The van der Waals surface area contributed by atoms with E-state index in [0.717, 1.165) is 38.8 Å². The van der Waals surface area contributed by atoms with E-state index in [1.165, 1.54) is 17.8 Å². The van der Waals surface area contributed by atoms with Gasteiger partial charge in [0.15, 0.2) is 0 Å². The van der Waals surface area contributed by atoms with Crippen molar-refractivity contribution in [2.75, 3.05) is 13.1 Å². The molecule has 6 heteroatoms. The Morgan fingerprint density at radius 1 is 1.38 bits per heavy atom. The van der Waals surface area contributed by atoms with Crippen LogP contribution < -0.4 is 5.32 Å². The largest absolute Gasteiger partial charge is 0.345 e. The molecule has 2 fully saturated rings. The Bertz CT molecular complexity index is 517. The van der Waals surface area contributed by atoms with Crippen LogP contribution in [-0.4, -0.2) is 40.3 Å². The van der Waals surface area contributed by atoms with Gasteiger partial charge in [0.05, 0.1) is 5.51 Å². The van der Waals surface area contributed by atoms with Crippen LogP contribution in [0.5, 0.6) is 0 Å². The highest BCUT2D eigenvalue weighted by atomic mass is 32.1. The van der Waals surface area contributed by atoms with Crippen LogP contribution in [0.1, 0.15) is 49.5 Å². The SMILES string of the molecule is CC1(NC(=O)c2cscn2)CCN(C(=O)C2CCC2)CC1. The van der Waals surface area contributed by atoms with Crippen molar-refractivity contribution in [2.24, 2.45) is 5.92 Å². The topological polar surface area (TPSA) is 62.3 Å². The van der Waals surface area contributed by atoms with Gasteiger partial charge >= 0.3 is 0 Å². The quantitative estimate of drug-likeness (QED) is 0.929. The Morgan fingerprint density at radius 3 is 2.62 bits per heavy atom. The maximum Gasteiger partial charge on any atom is 0.271 e. The highest BCUT2D eigenvalue weighted by Crippen LogP contribution is 2.30. The molecule has 2 heterocycles. The molecule has 0 atom stereocenters. The first kappa shape index (κ1) is 14.5. The van der Waals surface area contributed by atoms with Crippen molar-refractivity contribution in [2.45, 2.75) is 44.6 Å². The number of nitrogens with one attached hydrogen (secondary N) is 1. The number of carbonyl (C=O) groups excluding carboxylic acids is 2. The van der Waals surface area contributed by atoms with Crippen LogP contribution in [0, 0.1) is 5.92 Å². The van der Waals surface area contributed by atoms with Crippen LogP contribution in [0.25, 0.3) is 0 Å². The lowest BCUT2D eigenvalue weighted by Gasteiger charge is -2.41. The van der Waals surface area contributed by atoms with Crippen molar-refractivity contribution < 1.29 is 9.59 Å². The Labute approximate surface area is 128 Å². The van der Waals surface area contributed by atoms with Crippen molar-refractivity contribution in [3.8, 4) is 0 Å². The second-order valence-corrected chi connectivity index (χ2v) is 7.06. The van der Waals surface area contributed by atoms with E-state index in [4.69, 9.17) is 0 Å². The fraction of sp³-hybridized carbons (Fsp3) is 0.667. The summed E-state index contributed by atoms with van der Waals surface area (Å²) >= 11 is 1.42. The normalized spacial score (nSPS) is 21.7. The average molecular weight is 307 g/mol. The predicted octanol–water partition coefficient (Wildman–Crippen LogP) is 2.05. The number of carbonyl (C=O) groups is 2. The molecule has 1 N–H and O–H groups in total. The number of amides is 2. The summed E-state index contributed by atoms with van der Waals surface area (Å²) in [7, 11) is 0. The Kier molecular flexibility index (Phi) is 3.97. The summed E-state index contributed by atoms with van der Waals surface area (Å²) in [5.41, 5.74) is 1.91. The number of thiazole rings is 1. The molecular weight excluding hydrogens is 286 g/mol. The Balaban J connectivity index is 1.54. The van der Waals surface area contributed by atoms with E-state index in [1.807, 2.05) is 4.90 Å². The van der Waals surface area contributed by atoms with Gasteiger partial charge in [0, 0.05) is 29.9 Å². The summed E-state index contributed by atoms with van der Waals surface area (Å²) in [5.74, 6) is 0.464. The van der Waals surface area contributed by atoms with Gasteiger partial charge in [-0.1, -0.05) is 6.42 Å². The van der Waals surface area contributed by atoms with Gasteiger partial charge in [-0.05, 0) is 32.6 Å². The minimum atomic E-state index is -0.239. The molecule has 2 amide bonds. The first-order valence-corrected chi connectivity index (χ1v) is 8.51. The summed E-state index contributed by atoms with van der Waals surface area (Å²) in [4.78, 5) is 30.4. The van der Waals surface area contributed by atoms with Crippen molar-refractivity contribution in [3.63, 3.8) is 0 Å². The number of hydrogen-bond acceptors (Lipinski definition) is 4. The van der Waals surface area contributed by atoms with Crippen LogP contribution in [0.2, 0.25) is 0 Å². The van der Waals surface area contributed by atoms with Gasteiger partial charge in [-0.3, -0.25) is 9.59 Å². The lowest BCUT2D eigenvalue weighted by Crippen LogP contribution is -2.55. The lowest BCUT2D eigenvalue weighted by atomic mass is 9.82. The molecule has 0 radical (unpaired) electrons. The van der Waals surface area contributed by atoms with E-state index in [2.05, 4.69) is 17.2 Å². The molecule has 2 aliphatic rings. The molecule has 1 aliphatic carbocycles. The van der Waals surface area contributed by atoms with Crippen molar-refractivity contribution in [3.05, 3.63) is 16.6 Å². The van der Waals surface area contributed by atoms with Gasteiger partial charge in [0.1, 0.15) is 5.69 Å². The third-order valence-electron chi connectivity index (χ3n) is 4.71. The maximum atomic E-state index is 12.2. The standard InChI is InChI=1S/C15H21N3O2S/c1-15(17-13(19)12-9-21-10-16-12)5-7-18(8-6-15)14(20)11-3-2-4-11/h9-11H,2-8H2,1H3,(H,17,19). The summed E-state index contributed by atoms with van der Waals surface area (Å²) in [6.07, 6.45) is 4.90. The molecule has 1 saturated carbocycles. The summed E-state index contributed by atoms with van der Waals surface area (Å²) in [6.45, 7) is 3.54. The zero-order chi connectivity index (χ0) is 14.9. The van der Waals surface area contributed by atoms with Crippen molar-refractivity contribution >= 4 is 23.2 Å². The summed E-state index contributed by atoms with van der Waals surface area (Å²) < 4.78 is 0. The fourth-order valence-corrected chi connectivity index (χ4v) is 3.45. The molecule has 0 bridgehead atoms. The third-order valence-corrected chi connectivity index (χ3v) is 5.30. The van der Waals surface area contributed by atoms with E-state index in [1.54, 1.807) is 10.9 Å². The zero-order valence-electron chi connectivity index (χ0n) is 12.3. The number of nitrogens with zero attached hydrogens (tertiary/aromatic N) is 2. The molecule has 3 rings (SSSR count). The van der Waals surface area contributed by atoms with Gasteiger partial charge in [-0.25, -0.2) is 4.98 Å². The minimum Gasteiger partial charge on any atom is -0.345 e. The first-order chi connectivity index (χ1) is 10.1. The lowest BCUT2D eigenvalue weighted by molar-refractivity contribution is -0.139. The van der Waals surface area contributed by atoms with Crippen LogP contribution in [0.4, 0.5) is 0 Å². The second-order valence-electron chi connectivity index (χ2n) is 6.34. The number of aromatic nitrogens is 1. The molecule has 1 aliphatic heterocycles. The van der Waals surface area contributed by atoms with Crippen LogP contribution in [0.3, 0.4) is 0 Å². The smallest absolute Gasteiger partial charge is 0.271 e. The van der Waals surface area contributed by atoms with Crippen LogP contribution >= 0.6 is 11.3 Å². The maximum absolute atomic E-state index is 12.2. The van der Waals surface area contributed by atoms with Crippen LogP contribution in [-0.2, 0) is 4.79 Å². The molecule has 114 valence electrons. The molecule has 5 nitrogen and oxygen atoms in total.